The molecule has 0 spiro atoms. The van der Waals surface area contributed by atoms with Crippen LogP contribution in [0.25, 0.3) is 21.8 Å². The highest BCUT2D eigenvalue weighted by atomic mass is 79.9. The smallest absolute Gasteiger partial charge is 0.427 e. The number of nitrogens with zero attached hydrogens (tertiary/aromatic N) is 3. The maximum absolute atomic E-state index is 11.4. The Hall–Kier alpha value is -2.35. The molecular formula is C13H12BrN5O2. The Balaban J connectivity index is 2.13. The number of aromatic nitrogens is 3. The van der Waals surface area contributed by atoms with Crippen molar-refractivity contribution in [1.82, 2.24) is 14.9 Å². The quantitative estimate of drug-likeness (QED) is 0.741. The Kier molecular flexibility index (Phi) is 3.38. The molecule has 0 radical (unpaired) electrons. The monoisotopic (exact) mass is 349 g/mol. The maximum atomic E-state index is 11.4. The lowest BCUT2D eigenvalue weighted by molar-refractivity contribution is 0.164. The first kappa shape index (κ1) is 13.6. The number of benzene rings is 1. The number of hydrogen-bond donors (Lipinski definition) is 2. The molecule has 0 unspecified atom stereocenters. The summed E-state index contributed by atoms with van der Waals surface area (Å²) in [5.74, 6) is 0.306. The highest BCUT2D eigenvalue weighted by molar-refractivity contribution is 9.10. The van der Waals surface area contributed by atoms with Crippen LogP contribution in [0.15, 0.2) is 28.9 Å². The van der Waals surface area contributed by atoms with Crippen molar-refractivity contribution in [3.8, 4) is 0 Å². The number of halogens is 1. The predicted molar refractivity (Wildman–Crippen MR) is 83.5 cm³/mol. The third kappa shape index (κ3) is 2.49. The van der Waals surface area contributed by atoms with Gasteiger partial charge in [-0.25, -0.2) is 15.2 Å². The third-order valence-electron chi connectivity index (χ3n) is 2.93. The lowest BCUT2D eigenvalue weighted by atomic mass is 10.1. The van der Waals surface area contributed by atoms with Crippen LogP contribution in [0.5, 0.6) is 0 Å². The second-order valence-electron chi connectivity index (χ2n) is 4.33. The Bertz CT molecular complexity index is 845. The highest BCUT2D eigenvalue weighted by Gasteiger charge is 2.12. The molecule has 1 aromatic carbocycles. The molecule has 0 aliphatic carbocycles. The number of nitrogens with one attached hydrogen (secondary N) is 1. The molecule has 0 aliphatic heterocycles. The zero-order valence-electron chi connectivity index (χ0n) is 11.1. The van der Waals surface area contributed by atoms with Gasteiger partial charge in [-0.1, -0.05) is 22.0 Å². The molecule has 0 bridgehead atoms. The fourth-order valence-electron chi connectivity index (χ4n) is 2.08. The van der Waals surface area contributed by atoms with Gasteiger partial charge in [0.2, 0.25) is 0 Å². The van der Waals surface area contributed by atoms with E-state index in [4.69, 9.17) is 10.5 Å². The minimum Gasteiger partial charge on any atom is -0.449 e. The van der Waals surface area contributed by atoms with Gasteiger partial charge < -0.3 is 10.5 Å². The molecule has 0 aliphatic rings. The summed E-state index contributed by atoms with van der Waals surface area (Å²) in [6, 6.07) is 5.71. The van der Waals surface area contributed by atoms with Crippen LogP contribution in [0.2, 0.25) is 0 Å². The van der Waals surface area contributed by atoms with Crippen molar-refractivity contribution in [2.45, 2.75) is 6.92 Å². The van der Waals surface area contributed by atoms with Gasteiger partial charge in [-0.15, -0.1) is 5.10 Å². The van der Waals surface area contributed by atoms with Gasteiger partial charge in [0.1, 0.15) is 5.52 Å². The number of nitrogens with two attached hydrogens (primary N) is 1. The van der Waals surface area contributed by atoms with Crippen molar-refractivity contribution in [2.75, 3.05) is 17.8 Å². The Labute approximate surface area is 128 Å². The average Bonchev–Trinajstić information content (AvgIpc) is 2.83. The molecule has 7 nitrogen and oxygen atoms in total. The van der Waals surface area contributed by atoms with E-state index in [0.29, 0.717) is 11.3 Å². The van der Waals surface area contributed by atoms with E-state index < -0.39 is 6.09 Å². The molecule has 3 aromatic rings. The Morgan fingerprint density at radius 2 is 2.29 bits per heavy atom. The van der Waals surface area contributed by atoms with Crippen molar-refractivity contribution in [3.05, 3.63) is 28.9 Å². The number of amides is 1. The van der Waals surface area contributed by atoms with Crippen molar-refractivity contribution in [3.63, 3.8) is 0 Å². The molecule has 0 saturated carbocycles. The van der Waals surface area contributed by atoms with Crippen LogP contribution in [0.3, 0.4) is 0 Å². The predicted octanol–water partition coefficient (Wildman–Crippen LogP) is 2.63. The van der Waals surface area contributed by atoms with Crippen molar-refractivity contribution in [1.29, 1.82) is 0 Å². The summed E-state index contributed by atoms with van der Waals surface area (Å²) in [5.41, 5.74) is 9.70. The summed E-state index contributed by atoms with van der Waals surface area (Å²) in [4.78, 5) is 17.0. The van der Waals surface area contributed by atoms with Crippen LogP contribution in [-0.2, 0) is 4.74 Å². The summed E-state index contributed by atoms with van der Waals surface area (Å²) >= 11 is 3.40. The minimum absolute atomic E-state index is 0.285. The Morgan fingerprint density at radius 3 is 3.05 bits per heavy atom. The van der Waals surface area contributed by atoms with E-state index in [-0.39, 0.29) is 6.61 Å². The summed E-state index contributed by atoms with van der Waals surface area (Å²) < 4.78 is 5.73. The lowest BCUT2D eigenvalue weighted by Crippen LogP contribution is -2.23. The standard InChI is InChI=1S/C13H12BrN5O2/c1-2-21-13(20)18-19-6-9-8-4-3-7(14)5-10(8)16-12(15)11(9)17-19/h3-6H,2H2,1H3,(H2,15,16)(H,18,20). The molecule has 0 atom stereocenters. The number of carbonyl (C=O) groups excluding carboxylic acids is 1. The number of ether oxygens (including phenoxy) is 1. The van der Waals surface area contributed by atoms with Gasteiger partial charge in [-0.2, -0.15) is 4.79 Å². The molecular weight excluding hydrogens is 338 g/mol. The number of nitrogen functional groups attached to an aromatic ring is 1. The first-order chi connectivity index (χ1) is 10.1. The topological polar surface area (TPSA) is 95.1 Å². The number of anilines is 1. The molecule has 0 saturated heterocycles. The second kappa shape index (κ2) is 5.21. The van der Waals surface area contributed by atoms with Crippen molar-refractivity contribution in [2.24, 2.45) is 0 Å². The summed E-state index contributed by atoms with van der Waals surface area (Å²) in [6.07, 6.45) is 1.10. The van der Waals surface area contributed by atoms with Crippen LogP contribution in [0.4, 0.5) is 10.6 Å². The van der Waals surface area contributed by atoms with Gasteiger partial charge >= 0.3 is 6.09 Å². The normalized spacial score (nSPS) is 11.0. The number of carbonyl (C=O) groups is 1. The van der Waals surface area contributed by atoms with Crippen LogP contribution >= 0.6 is 15.9 Å². The fraction of sp³-hybridized carbons (Fsp3) is 0.154. The van der Waals surface area contributed by atoms with Gasteiger partial charge in [0.05, 0.1) is 18.3 Å². The molecule has 2 aromatic heterocycles. The van der Waals surface area contributed by atoms with Gasteiger partial charge in [0.15, 0.2) is 5.82 Å². The fourth-order valence-corrected chi connectivity index (χ4v) is 2.43. The van der Waals surface area contributed by atoms with Crippen LogP contribution in [-0.4, -0.2) is 27.6 Å². The molecule has 108 valence electrons. The van der Waals surface area contributed by atoms with E-state index in [0.717, 1.165) is 20.8 Å². The largest absolute Gasteiger partial charge is 0.449 e. The molecule has 3 rings (SSSR count). The summed E-state index contributed by atoms with van der Waals surface area (Å²) in [5, 5.41) is 5.92. The van der Waals surface area contributed by atoms with E-state index >= 15 is 0 Å². The van der Waals surface area contributed by atoms with Gasteiger partial charge in [-0.05, 0) is 19.1 Å². The average molecular weight is 350 g/mol. The van der Waals surface area contributed by atoms with Gasteiger partial charge in [-0.3, -0.25) is 0 Å². The minimum atomic E-state index is -0.580. The first-order valence-corrected chi connectivity index (χ1v) is 7.05. The van der Waals surface area contributed by atoms with Crippen molar-refractivity contribution >= 4 is 49.6 Å². The zero-order chi connectivity index (χ0) is 15.0. The van der Waals surface area contributed by atoms with Crippen LogP contribution < -0.4 is 11.2 Å². The molecule has 0 fully saturated rings. The number of pyridine rings is 1. The van der Waals surface area contributed by atoms with Crippen molar-refractivity contribution < 1.29 is 9.53 Å². The SMILES string of the molecule is CCOC(=O)Nn1cc2c(n1)c(N)nc1cc(Br)ccc12. The van der Waals surface area contributed by atoms with E-state index in [9.17, 15) is 4.79 Å². The number of hydrogen-bond acceptors (Lipinski definition) is 5. The lowest BCUT2D eigenvalue weighted by Gasteiger charge is -2.03. The van der Waals surface area contributed by atoms with Crippen LogP contribution in [0, 0.1) is 0 Å². The van der Waals surface area contributed by atoms with E-state index in [1.165, 1.54) is 4.79 Å². The first-order valence-electron chi connectivity index (χ1n) is 6.26. The van der Waals surface area contributed by atoms with E-state index in [1.807, 2.05) is 18.2 Å². The molecule has 21 heavy (non-hydrogen) atoms. The second-order valence-corrected chi connectivity index (χ2v) is 5.24. The maximum Gasteiger partial charge on any atom is 0.427 e. The summed E-state index contributed by atoms with van der Waals surface area (Å²) in [7, 11) is 0. The molecule has 1 amide bonds. The molecule has 2 heterocycles. The number of fused-ring (bicyclic) bond motifs is 3. The Morgan fingerprint density at radius 1 is 1.48 bits per heavy atom. The zero-order valence-corrected chi connectivity index (χ0v) is 12.7. The third-order valence-corrected chi connectivity index (χ3v) is 3.42. The molecule has 3 N–H and O–H groups in total. The van der Waals surface area contributed by atoms with Gasteiger partial charge in [0.25, 0.3) is 0 Å². The van der Waals surface area contributed by atoms with Crippen LogP contribution in [0.1, 0.15) is 6.92 Å². The van der Waals surface area contributed by atoms with E-state index in [2.05, 4.69) is 31.4 Å². The number of rotatable bonds is 2. The summed E-state index contributed by atoms with van der Waals surface area (Å²) in [6.45, 7) is 2.01. The van der Waals surface area contributed by atoms with E-state index in [1.54, 1.807) is 13.1 Å². The van der Waals surface area contributed by atoms with Gasteiger partial charge in [0, 0.05) is 15.2 Å². The highest BCUT2D eigenvalue weighted by Crippen LogP contribution is 2.28. The molecule has 8 heteroatoms.